The predicted molar refractivity (Wildman–Crippen MR) is 100 cm³/mol. The number of anilines is 1. The zero-order chi connectivity index (χ0) is 15.6. The molecule has 5 heteroatoms. The van der Waals surface area contributed by atoms with Crippen molar-refractivity contribution < 1.29 is 0 Å². The van der Waals surface area contributed by atoms with Crippen molar-refractivity contribution in [1.82, 2.24) is 9.62 Å². The van der Waals surface area contributed by atoms with Crippen LogP contribution in [0.15, 0.2) is 24.3 Å². The Kier molecular flexibility index (Phi) is 5.28. The molecule has 0 amide bonds. The minimum absolute atomic E-state index is 0.444. The van der Waals surface area contributed by atoms with Crippen LogP contribution in [0, 0.1) is 11.8 Å². The number of rotatable bonds is 8. The van der Waals surface area contributed by atoms with Crippen LogP contribution in [0.4, 0.5) is 5.69 Å². The fourth-order valence-corrected chi connectivity index (χ4v) is 5.11. The maximum absolute atomic E-state index is 3.38. The average Bonchev–Trinajstić information content (AvgIpc) is 2.92. The van der Waals surface area contributed by atoms with Crippen molar-refractivity contribution in [2.75, 3.05) is 43.4 Å². The van der Waals surface area contributed by atoms with Crippen LogP contribution in [-0.2, 0) is 5.41 Å². The molecule has 2 unspecified atom stereocenters. The molecule has 1 saturated carbocycles. The van der Waals surface area contributed by atoms with Crippen molar-refractivity contribution in [1.29, 1.82) is 0 Å². The summed E-state index contributed by atoms with van der Waals surface area (Å²) in [4.78, 5) is 2.64. The van der Waals surface area contributed by atoms with Crippen molar-refractivity contribution in [2.45, 2.75) is 18.8 Å². The molecule has 22 heavy (non-hydrogen) atoms. The standard InChI is InChI=1S/C17H27N3S2/c1-4-17(13-6-5-7-14(10-13)19-22-3)15-11-20(12-16(15)17)9-8-18-21-2/h5-7,10,15-16,18-19H,4,8-9,11-12H2,1-3H3. The van der Waals surface area contributed by atoms with Crippen LogP contribution in [0.3, 0.4) is 0 Å². The van der Waals surface area contributed by atoms with Crippen LogP contribution >= 0.6 is 23.9 Å². The van der Waals surface area contributed by atoms with Gasteiger partial charge in [0.1, 0.15) is 0 Å². The third-order valence-electron chi connectivity index (χ3n) is 5.49. The highest BCUT2D eigenvalue weighted by molar-refractivity contribution is 7.99. The van der Waals surface area contributed by atoms with Crippen LogP contribution in [0.2, 0.25) is 0 Å². The van der Waals surface area contributed by atoms with Crippen LogP contribution in [-0.4, -0.2) is 43.6 Å². The van der Waals surface area contributed by atoms with Crippen LogP contribution in [0.1, 0.15) is 18.9 Å². The third kappa shape index (κ3) is 2.88. The summed E-state index contributed by atoms with van der Waals surface area (Å²) in [6.45, 7) is 7.19. The van der Waals surface area contributed by atoms with E-state index in [2.05, 4.69) is 58.0 Å². The van der Waals surface area contributed by atoms with Crippen molar-refractivity contribution >= 4 is 29.6 Å². The van der Waals surface area contributed by atoms with E-state index in [0.717, 1.165) is 18.4 Å². The van der Waals surface area contributed by atoms with Gasteiger partial charge in [-0.05, 0) is 42.2 Å². The SMILES string of the molecule is CCC1(c2cccc(NSC)c2)C2CN(CCNSC)CC21. The lowest BCUT2D eigenvalue weighted by molar-refractivity contribution is 0.274. The number of piperidine rings is 1. The van der Waals surface area contributed by atoms with E-state index in [0.29, 0.717) is 5.41 Å². The number of benzene rings is 1. The second kappa shape index (κ2) is 7.04. The summed E-state index contributed by atoms with van der Waals surface area (Å²) >= 11 is 3.39. The molecule has 1 aromatic rings. The Morgan fingerprint density at radius 1 is 1.23 bits per heavy atom. The second-order valence-electron chi connectivity index (χ2n) is 6.35. The van der Waals surface area contributed by atoms with Gasteiger partial charge >= 0.3 is 0 Å². The Balaban J connectivity index is 1.66. The van der Waals surface area contributed by atoms with Gasteiger partial charge in [-0.25, -0.2) is 0 Å². The van der Waals surface area contributed by atoms with E-state index in [4.69, 9.17) is 0 Å². The summed E-state index contributed by atoms with van der Waals surface area (Å²) in [6, 6.07) is 9.09. The molecule has 1 heterocycles. The Morgan fingerprint density at radius 2 is 2.00 bits per heavy atom. The molecule has 2 atom stereocenters. The van der Waals surface area contributed by atoms with E-state index in [1.54, 1.807) is 29.5 Å². The lowest BCUT2D eigenvalue weighted by Crippen LogP contribution is -2.34. The summed E-state index contributed by atoms with van der Waals surface area (Å²) in [5.74, 6) is 1.72. The first kappa shape index (κ1) is 16.5. The van der Waals surface area contributed by atoms with E-state index in [9.17, 15) is 0 Å². The number of nitrogens with zero attached hydrogens (tertiary/aromatic N) is 1. The summed E-state index contributed by atoms with van der Waals surface area (Å²) in [5, 5.41) is 0. The minimum Gasteiger partial charge on any atom is -0.330 e. The highest BCUT2D eigenvalue weighted by Gasteiger charge is 2.67. The van der Waals surface area contributed by atoms with E-state index in [-0.39, 0.29) is 0 Å². The number of hydrogen-bond acceptors (Lipinski definition) is 5. The molecule has 2 N–H and O–H groups in total. The molecule has 3 nitrogen and oxygen atoms in total. The molecule has 1 saturated heterocycles. The van der Waals surface area contributed by atoms with Gasteiger partial charge in [0, 0.05) is 43.5 Å². The molecule has 3 rings (SSSR count). The van der Waals surface area contributed by atoms with Crippen LogP contribution < -0.4 is 9.44 Å². The van der Waals surface area contributed by atoms with Crippen molar-refractivity contribution in [2.24, 2.45) is 11.8 Å². The third-order valence-corrected chi connectivity index (χ3v) is 6.42. The predicted octanol–water partition coefficient (Wildman–Crippen LogP) is 3.45. The highest BCUT2D eigenvalue weighted by Crippen LogP contribution is 2.65. The Labute approximate surface area is 143 Å². The normalized spacial score (nSPS) is 30.3. The molecule has 0 bridgehead atoms. The fourth-order valence-electron chi connectivity index (χ4n) is 4.45. The van der Waals surface area contributed by atoms with Gasteiger partial charge in [0.25, 0.3) is 0 Å². The second-order valence-corrected chi connectivity index (χ2v) is 7.66. The van der Waals surface area contributed by atoms with E-state index >= 15 is 0 Å². The van der Waals surface area contributed by atoms with Crippen LogP contribution in [0.5, 0.6) is 0 Å². The zero-order valence-corrected chi connectivity index (χ0v) is 15.4. The van der Waals surface area contributed by atoms with E-state index < -0.39 is 0 Å². The first-order valence-corrected chi connectivity index (χ1v) is 10.6. The number of fused-ring (bicyclic) bond motifs is 1. The first-order chi connectivity index (χ1) is 10.8. The Bertz CT molecular complexity index is 496. The molecule has 1 aliphatic carbocycles. The number of nitrogens with one attached hydrogen (secondary N) is 2. The number of hydrogen-bond donors (Lipinski definition) is 2. The van der Waals surface area contributed by atoms with Gasteiger partial charge in [0.2, 0.25) is 0 Å². The molecule has 0 radical (unpaired) electrons. The largest absolute Gasteiger partial charge is 0.330 e. The topological polar surface area (TPSA) is 27.3 Å². The molecular formula is C17H27N3S2. The van der Waals surface area contributed by atoms with Gasteiger partial charge in [-0.15, -0.1) is 0 Å². The lowest BCUT2D eigenvalue weighted by Gasteiger charge is -2.26. The molecule has 0 aromatic heterocycles. The molecule has 122 valence electrons. The van der Waals surface area contributed by atoms with E-state index in [1.165, 1.54) is 31.7 Å². The summed E-state index contributed by atoms with van der Waals surface area (Å²) in [7, 11) is 0. The molecule has 1 aromatic carbocycles. The summed E-state index contributed by atoms with van der Waals surface area (Å²) < 4.78 is 6.73. The van der Waals surface area contributed by atoms with E-state index in [1.807, 2.05) is 0 Å². The lowest BCUT2D eigenvalue weighted by atomic mass is 9.87. The summed E-state index contributed by atoms with van der Waals surface area (Å²) in [6.07, 6.45) is 5.44. The number of likely N-dealkylation sites (tertiary alicyclic amines) is 1. The monoisotopic (exact) mass is 337 g/mol. The maximum atomic E-state index is 3.38. The van der Waals surface area contributed by atoms with Gasteiger partial charge in [-0.2, -0.15) is 0 Å². The maximum Gasteiger partial charge on any atom is 0.0442 e. The van der Waals surface area contributed by atoms with Gasteiger partial charge in [-0.3, -0.25) is 4.72 Å². The first-order valence-electron chi connectivity index (χ1n) is 8.14. The minimum atomic E-state index is 0.444. The quantitative estimate of drug-likeness (QED) is 0.560. The van der Waals surface area contributed by atoms with Gasteiger partial charge in [-0.1, -0.05) is 43.0 Å². The van der Waals surface area contributed by atoms with Gasteiger partial charge in [0.05, 0.1) is 0 Å². The Hall–Kier alpha value is -0.360. The molecule has 1 aliphatic heterocycles. The molecule has 2 aliphatic rings. The van der Waals surface area contributed by atoms with Crippen molar-refractivity contribution in [3.8, 4) is 0 Å². The van der Waals surface area contributed by atoms with Crippen molar-refractivity contribution in [3.05, 3.63) is 29.8 Å². The van der Waals surface area contributed by atoms with Crippen LogP contribution in [0.25, 0.3) is 0 Å². The molecule has 2 fully saturated rings. The van der Waals surface area contributed by atoms with Gasteiger partial charge < -0.3 is 9.62 Å². The smallest absolute Gasteiger partial charge is 0.0442 e. The molecular weight excluding hydrogens is 310 g/mol. The average molecular weight is 338 g/mol. The molecule has 0 spiro atoms. The van der Waals surface area contributed by atoms with Gasteiger partial charge in [0.15, 0.2) is 0 Å². The Morgan fingerprint density at radius 3 is 2.64 bits per heavy atom. The van der Waals surface area contributed by atoms with Crippen molar-refractivity contribution in [3.63, 3.8) is 0 Å². The zero-order valence-electron chi connectivity index (χ0n) is 13.8. The highest BCUT2D eigenvalue weighted by atomic mass is 32.2. The fraction of sp³-hybridized carbons (Fsp3) is 0.647. The summed E-state index contributed by atoms with van der Waals surface area (Å²) in [5.41, 5.74) is 3.23.